The smallest absolute Gasteiger partial charge is 0.303 e. The topological polar surface area (TPSA) is 84.9 Å². The lowest BCUT2D eigenvalue weighted by molar-refractivity contribution is -0.138. The molecule has 1 aliphatic rings. The molecule has 1 amide bonds. The molecule has 1 fully saturated rings. The van der Waals surface area contributed by atoms with Gasteiger partial charge in [0.2, 0.25) is 0 Å². The van der Waals surface area contributed by atoms with E-state index in [-0.39, 0.29) is 18.2 Å². The van der Waals surface area contributed by atoms with Crippen LogP contribution in [0.5, 0.6) is 5.75 Å². The van der Waals surface area contributed by atoms with Crippen molar-refractivity contribution in [3.63, 3.8) is 0 Å². The van der Waals surface area contributed by atoms with Crippen LogP contribution >= 0.6 is 0 Å². The Hall–Kier alpha value is -2.08. The van der Waals surface area contributed by atoms with E-state index < -0.39 is 11.6 Å². The normalized spacial score (nSPS) is 24.0. The SMILES string of the molecule is COc1ccc(NC(=O)C2(OC)CC2CC(=O)O)cc1. The van der Waals surface area contributed by atoms with E-state index in [0.717, 1.165) is 0 Å². The van der Waals surface area contributed by atoms with E-state index in [9.17, 15) is 9.59 Å². The third-order valence-electron chi connectivity index (χ3n) is 3.57. The van der Waals surface area contributed by atoms with Gasteiger partial charge in [-0.15, -0.1) is 0 Å². The summed E-state index contributed by atoms with van der Waals surface area (Å²) in [5, 5.41) is 11.5. The minimum absolute atomic E-state index is 0.0656. The predicted molar refractivity (Wildman–Crippen MR) is 71.7 cm³/mol. The maximum absolute atomic E-state index is 12.2. The van der Waals surface area contributed by atoms with Crippen LogP contribution in [0.2, 0.25) is 0 Å². The molecule has 0 bridgehead atoms. The number of carbonyl (C=O) groups excluding carboxylic acids is 1. The van der Waals surface area contributed by atoms with Crippen LogP contribution in [0.25, 0.3) is 0 Å². The standard InChI is InChI=1S/C14H17NO5/c1-19-11-5-3-10(4-6-11)15-13(18)14(20-2)8-9(14)7-12(16)17/h3-6,9H,7-8H2,1-2H3,(H,15,18)(H,16,17). The van der Waals surface area contributed by atoms with Gasteiger partial charge in [-0.05, 0) is 30.7 Å². The van der Waals surface area contributed by atoms with Crippen LogP contribution in [0.3, 0.4) is 0 Å². The van der Waals surface area contributed by atoms with Crippen molar-refractivity contribution in [3.05, 3.63) is 24.3 Å². The number of methoxy groups -OCH3 is 2. The van der Waals surface area contributed by atoms with Crippen molar-refractivity contribution in [1.82, 2.24) is 0 Å². The number of carboxylic acids is 1. The molecule has 0 saturated heterocycles. The van der Waals surface area contributed by atoms with E-state index in [1.807, 2.05) is 0 Å². The minimum Gasteiger partial charge on any atom is -0.497 e. The van der Waals surface area contributed by atoms with Gasteiger partial charge in [-0.2, -0.15) is 0 Å². The number of ether oxygens (including phenoxy) is 2. The summed E-state index contributed by atoms with van der Waals surface area (Å²) >= 11 is 0. The molecule has 20 heavy (non-hydrogen) atoms. The third-order valence-corrected chi connectivity index (χ3v) is 3.57. The summed E-state index contributed by atoms with van der Waals surface area (Å²) in [6, 6.07) is 6.90. The Kier molecular flexibility index (Phi) is 3.94. The minimum atomic E-state index is -1.02. The highest BCUT2D eigenvalue weighted by Crippen LogP contribution is 2.49. The fraction of sp³-hybridized carbons (Fsp3) is 0.429. The number of amides is 1. The van der Waals surface area contributed by atoms with E-state index in [4.69, 9.17) is 14.6 Å². The van der Waals surface area contributed by atoms with Crippen LogP contribution in [0.4, 0.5) is 5.69 Å². The largest absolute Gasteiger partial charge is 0.497 e. The average Bonchev–Trinajstić information content (AvgIpc) is 3.13. The predicted octanol–water partition coefficient (Wildman–Crippen LogP) is 1.51. The van der Waals surface area contributed by atoms with Gasteiger partial charge in [0.05, 0.1) is 13.5 Å². The number of carbonyl (C=O) groups is 2. The third kappa shape index (κ3) is 2.75. The van der Waals surface area contributed by atoms with Crippen LogP contribution in [0.1, 0.15) is 12.8 Å². The first kappa shape index (κ1) is 14.3. The molecule has 1 aromatic rings. The molecule has 1 aliphatic carbocycles. The molecule has 2 atom stereocenters. The second-order valence-corrected chi connectivity index (χ2v) is 4.78. The number of benzene rings is 1. The molecule has 0 heterocycles. The van der Waals surface area contributed by atoms with E-state index in [2.05, 4.69) is 5.32 Å². The van der Waals surface area contributed by atoms with Gasteiger partial charge in [0.1, 0.15) is 11.4 Å². The van der Waals surface area contributed by atoms with Gasteiger partial charge >= 0.3 is 5.97 Å². The van der Waals surface area contributed by atoms with Gasteiger partial charge in [-0.1, -0.05) is 0 Å². The summed E-state index contributed by atoms with van der Waals surface area (Å²) in [4.78, 5) is 22.9. The molecule has 2 N–H and O–H groups in total. The van der Waals surface area contributed by atoms with Crippen molar-refractivity contribution in [2.45, 2.75) is 18.4 Å². The Morgan fingerprint density at radius 2 is 2.00 bits per heavy atom. The zero-order valence-electron chi connectivity index (χ0n) is 11.4. The van der Waals surface area contributed by atoms with Crippen molar-refractivity contribution in [2.24, 2.45) is 5.92 Å². The molecular formula is C14H17NO5. The molecule has 0 aromatic heterocycles. The molecule has 0 radical (unpaired) electrons. The molecule has 1 saturated carbocycles. The number of rotatable bonds is 6. The van der Waals surface area contributed by atoms with Gasteiger partial charge < -0.3 is 19.9 Å². The number of anilines is 1. The van der Waals surface area contributed by atoms with Crippen molar-refractivity contribution in [2.75, 3.05) is 19.5 Å². The summed E-state index contributed by atoms with van der Waals surface area (Å²) in [5.74, 6) is -0.814. The Bertz CT molecular complexity index is 513. The number of carboxylic acid groups (broad SMARTS) is 1. The highest BCUT2D eigenvalue weighted by atomic mass is 16.5. The first-order valence-corrected chi connectivity index (χ1v) is 6.24. The fourth-order valence-corrected chi connectivity index (χ4v) is 2.29. The Labute approximate surface area is 116 Å². The van der Waals surface area contributed by atoms with Gasteiger partial charge in [0.25, 0.3) is 5.91 Å². The van der Waals surface area contributed by atoms with Crippen LogP contribution in [-0.2, 0) is 14.3 Å². The van der Waals surface area contributed by atoms with E-state index in [1.54, 1.807) is 31.4 Å². The van der Waals surface area contributed by atoms with Crippen molar-refractivity contribution < 1.29 is 24.2 Å². The number of nitrogens with one attached hydrogen (secondary N) is 1. The number of hydrogen-bond acceptors (Lipinski definition) is 4. The molecule has 1 aromatic carbocycles. The molecule has 0 aliphatic heterocycles. The lowest BCUT2D eigenvalue weighted by Crippen LogP contribution is -2.34. The molecule has 108 valence electrons. The Morgan fingerprint density at radius 1 is 1.35 bits per heavy atom. The first-order chi connectivity index (χ1) is 9.51. The summed E-state index contributed by atoms with van der Waals surface area (Å²) in [6.07, 6.45) is 0.363. The number of hydrogen-bond donors (Lipinski definition) is 2. The zero-order chi connectivity index (χ0) is 14.8. The highest BCUT2D eigenvalue weighted by molar-refractivity contribution is 6.00. The van der Waals surface area contributed by atoms with E-state index >= 15 is 0 Å². The van der Waals surface area contributed by atoms with Gasteiger partial charge in [-0.25, -0.2) is 0 Å². The van der Waals surface area contributed by atoms with Gasteiger partial charge in [-0.3, -0.25) is 9.59 Å². The molecule has 6 heteroatoms. The maximum Gasteiger partial charge on any atom is 0.303 e. The van der Waals surface area contributed by atoms with Crippen molar-refractivity contribution >= 4 is 17.6 Å². The number of aliphatic carboxylic acids is 1. The van der Waals surface area contributed by atoms with Crippen LogP contribution in [0, 0.1) is 5.92 Å². The van der Waals surface area contributed by atoms with E-state index in [0.29, 0.717) is 17.9 Å². The first-order valence-electron chi connectivity index (χ1n) is 6.24. The lowest BCUT2D eigenvalue weighted by Gasteiger charge is -2.15. The quantitative estimate of drug-likeness (QED) is 0.824. The van der Waals surface area contributed by atoms with E-state index in [1.165, 1.54) is 7.11 Å². The molecule has 0 spiro atoms. The van der Waals surface area contributed by atoms with Crippen LogP contribution in [0.15, 0.2) is 24.3 Å². The maximum atomic E-state index is 12.2. The van der Waals surface area contributed by atoms with Gasteiger partial charge in [0.15, 0.2) is 0 Å². The average molecular weight is 279 g/mol. The summed E-state index contributed by atoms with van der Waals surface area (Å²) < 4.78 is 10.3. The highest BCUT2D eigenvalue weighted by Gasteiger charge is 2.61. The lowest BCUT2D eigenvalue weighted by atomic mass is 10.2. The second-order valence-electron chi connectivity index (χ2n) is 4.78. The van der Waals surface area contributed by atoms with Crippen LogP contribution in [-0.4, -0.2) is 36.8 Å². The van der Waals surface area contributed by atoms with Gasteiger partial charge in [0, 0.05) is 18.7 Å². The molecule has 6 nitrogen and oxygen atoms in total. The Balaban J connectivity index is 2.01. The molecular weight excluding hydrogens is 262 g/mol. The second kappa shape index (κ2) is 5.50. The monoisotopic (exact) mass is 279 g/mol. The van der Waals surface area contributed by atoms with Crippen LogP contribution < -0.4 is 10.1 Å². The molecule has 2 unspecified atom stereocenters. The van der Waals surface area contributed by atoms with Crippen molar-refractivity contribution in [1.29, 1.82) is 0 Å². The Morgan fingerprint density at radius 3 is 2.50 bits per heavy atom. The fourth-order valence-electron chi connectivity index (χ4n) is 2.29. The molecule has 2 rings (SSSR count). The summed E-state index contributed by atoms with van der Waals surface area (Å²) in [6.45, 7) is 0. The summed E-state index contributed by atoms with van der Waals surface area (Å²) in [7, 11) is 2.99. The zero-order valence-corrected chi connectivity index (χ0v) is 11.4. The summed E-state index contributed by atoms with van der Waals surface area (Å²) in [5.41, 5.74) is -0.397. The van der Waals surface area contributed by atoms with Crippen molar-refractivity contribution in [3.8, 4) is 5.75 Å².